The van der Waals surface area contributed by atoms with E-state index in [1.54, 1.807) is 37.4 Å². The Morgan fingerprint density at radius 3 is 2.75 bits per heavy atom. The maximum absolute atomic E-state index is 12.4. The Morgan fingerprint density at radius 2 is 2.08 bits per heavy atom. The molecule has 0 aliphatic carbocycles. The number of aryl methyl sites for hydroxylation is 1. The fourth-order valence-corrected chi connectivity index (χ4v) is 4.14. The molecule has 3 rings (SSSR count). The predicted octanol–water partition coefficient (Wildman–Crippen LogP) is 0.863. The molecule has 0 amide bonds. The number of aromatic nitrogens is 4. The highest BCUT2D eigenvalue weighted by molar-refractivity contribution is 7.86. The van der Waals surface area contributed by atoms with Gasteiger partial charge in [0.25, 0.3) is 10.2 Å². The van der Waals surface area contributed by atoms with Crippen LogP contribution in [0.15, 0.2) is 24.7 Å². The molecule has 2 aromatic rings. The molecular formula is C15H22N6O2S. The molecular weight excluding hydrogens is 328 g/mol. The van der Waals surface area contributed by atoms with Gasteiger partial charge in [-0.1, -0.05) is 0 Å². The molecule has 0 bridgehead atoms. The molecule has 1 aliphatic heterocycles. The Labute approximate surface area is 142 Å². The van der Waals surface area contributed by atoms with E-state index in [-0.39, 0.29) is 5.92 Å². The van der Waals surface area contributed by atoms with Gasteiger partial charge >= 0.3 is 0 Å². The average Bonchev–Trinajstić information content (AvgIpc) is 3.01. The van der Waals surface area contributed by atoms with Crippen molar-refractivity contribution in [1.82, 2.24) is 28.4 Å². The van der Waals surface area contributed by atoms with E-state index in [1.807, 2.05) is 13.1 Å². The van der Waals surface area contributed by atoms with Gasteiger partial charge in [0.1, 0.15) is 5.69 Å². The van der Waals surface area contributed by atoms with Crippen LogP contribution in [-0.4, -0.2) is 64.0 Å². The quantitative estimate of drug-likeness (QED) is 0.817. The number of rotatable bonds is 4. The Kier molecular flexibility index (Phi) is 4.66. The van der Waals surface area contributed by atoms with Gasteiger partial charge in [0, 0.05) is 52.5 Å². The highest BCUT2D eigenvalue weighted by atomic mass is 32.2. The molecule has 0 radical (unpaired) electrons. The summed E-state index contributed by atoms with van der Waals surface area (Å²) in [5.41, 5.74) is 2.46. The summed E-state index contributed by atoms with van der Waals surface area (Å²) >= 11 is 0. The minimum atomic E-state index is -3.40. The van der Waals surface area contributed by atoms with E-state index in [0.717, 1.165) is 29.9 Å². The smallest absolute Gasteiger partial charge is 0.266 e. The molecule has 8 nitrogen and oxygen atoms in total. The molecule has 0 spiro atoms. The number of hydrogen-bond donors (Lipinski definition) is 0. The standard InChI is InChI=1S/C15H22N6O2S/c1-19(2)24(22,23)21-8-4-5-12(11-21)13-9-16-10-14(18-13)15-6-7-17-20(15)3/h6-7,9-10,12H,4-5,8,11H2,1-3H3. The fraction of sp³-hybridized carbons (Fsp3) is 0.533. The van der Waals surface area contributed by atoms with Crippen molar-refractivity contribution in [2.45, 2.75) is 18.8 Å². The van der Waals surface area contributed by atoms with Crippen molar-refractivity contribution in [2.24, 2.45) is 7.05 Å². The van der Waals surface area contributed by atoms with Crippen molar-refractivity contribution < 1.29 is 8.42 Å². The lowest BCUT2D eigenvalue weighted by Gasteiger charge is -2.33. The SMILES string of the molecule is CN(C)S(=O)(=O)N1CCCC(c2cncc(-c3ccnn3C)n2)C1. The second-order valence-corrected chi connectivity index (χ2v) is 8.30. The van der Waals surface area contributed by atoms with E-state index < -0.39 is 10.2 Å². The molecule has 3 heterocycles. The summed E-state index contributed by atoms with van der Waals surface area (Å²) in [5.74, 6) is 0.0501. The minimum absolute atomic E-state index is 0.0501. The summed E-state index contributed by atoms with van der Waals surface area (Å²) in [6.07, 6.45) is 6.88. The third-order valence-corrected chi connectivity index (χ3v) is 6.23. The summed E-state index contributed by atoms with van der Waals surface area (Å²) in [6.45, 7) is 0.982. The first-order valence-corrected chi connectivity index (χ1v) is 9.27. The first-order chi connectivity index (χ1) is 11.4. The predicted molar refractivity (Wildman–Crippen MR) is 90.4 cm³/mol. The lowest BCUT2D eigenvalue weighted by molar-refractivity contribution is 0.296. The molecule has 24 heavy (non-hydrogen) atoms. The first kappa shape index (κ1) is 17.0. The van der Waals surface area contributed by atoms with E-state index >= 15 is 0 Å². The van der Waals surface area contributed by atoms with Crippen molar-refractivity contribution in [3.8, 4) is 11.4 Å². The zero-order chi connectivity index (χ0) is 17.3. The molecule has 0 saturated carbocycles. The maximum atomic E-state index is 12.4. The lowest BCUT2D eigenvalue weighted by Crippen LogP contribution is -2.45. The molecule has 0 aromatic carbocycles. The summed E-state index contributed by atoms with van der Waals surface area (Å²) in [6, 6.07) is 1.89. The van der Waals surface area contributed by atoms with Crippen molar-refractivity contribution in [3.05, 3.63) is 30.4 Å². The molecule has 130 valence electrons. The van der Waals surface area contributed by atoms with Crippen molar-refractivity contribution in [1.29, 1.82) is 0 Å². The monoisotopic (exact) mass is 350 g/mol. The molecule has 1 fully saturated rings. The molecule has 1 saturated heterocycles. The first-order valence-electron chi connectivity index (χ1n) is 7.87. The van der Waals surface area contributed by atoms with Crippen LogP contribution in [0.3, 0.4) is 0 Å². The number of hydrogen-bond acceptors (Lipinski definition) is 5. The Bertz CT molecular complexity index is 817. The maximum Gasteiger partial charge on any atom is 0.281 e. The number of piperidine rings is 1. The zero-order valence-electron chi connectivity index (χ0n) is 14.1. The molecule has 1 aliphatic rings. The van der Waals surface area contributed by atoms with Crippen LogP contribution in [0.5, 0.6) is 0 Å². The third-order valence-electron chi connectivity index (χ3n) is 4.33. The number of nitrogens with zero attached hydrogens (tertiary/aromatic N) is 6. The molecule has 1 unspecified atom stereocenters. The average molecular weight is 350 g/mol. The summed E-state index contributed by atoms with van der Waals surface area (Å²) in [7, 11) is 1.57. The zero-order valence-corrected chi connectivity index (χ0v) is 14.9. The van der Waals surface area contributed by atoms with Gasteiger partial charge in [0.2, 0.25) is 0 Å². The molecule has 2 aromatic heterocycles. The van der Waals surface area contributed by atoms with Crippen molar-refractivity contribution >= 4 is 10.2 Å². The summed E-state index contributed by atoms with van der Waals surface area (Å²) in [5, 5.41) is 4.15. The topological polar surface area (TPSA) is 84.2 Å². The van der Waals surface area contributed by atoms with E-state index in [4.69, 9.17) is 4.98 Å². The fourth-order valence-electron chi connectivity index (χ4n) is 2.95. The van der Waals surface area contributed by atoms with Gasteiger partial charge in [0.05, 0.1) is 17.6 Å². The van der Waals surface area contributed by atoms with E-state index in [0.29, 0.717) is 13.1 Å². The Morgan fingerprint density at radius 1 is 1.29 bits per heavy atom. The largest absolute Gasteiger partial charge is 0.281 e. The minimum Gasteiger partial charge on any atom is -0.266 e. The van der Waals surface area contributed by atoms with Gasteiger partial charge in [-0.2, -0.15) is 22.1 Å². The van der Waals surface area contributed by atoms with Gasteiger partial charge in [-0.05, 0) is 18.9 Å². The Hall–Kier alpha value is -1.84. The summed E-state index contributed by atoms with van der Waals surface area (Å²) < 4.78 is 29.3. The Balaban J connectivity index is 1.86. The van der Waals surface area contributed by atoms with Gasteiger partial charge in [-0.15, -0.1) is 0 Å². The van der Waals surface area contributed by atoms with E-state index in [9.17, 15) is 8.42 Å². The van der Waals surface area contributed by atoms with Gasteiger partial charge in [0.15, 0.2) is 0 Å². The van der Waals surface area contributed by atoms with Crippen LogP contribution in [0, 0.1) is 0 Å². The third kappa shape index (κ3) is 3.19. The highest BCUT2D eigenvalue weighted by Gasteiger charge is 2.31. The van der Waals surface area contributed by atoms with Crippen LogP contribution in [-0.2, 0) is 17.3 Å². The van der Waals surface area contributed by atoms with Gasteiger partial charge < -0.3 is 0 Å². The van der Waals surface area contributed by atoms with Crippen molar-refractivity contribution in [3.63, 3.8) is 0 Å². The molecule has 1 atom stereocenters. The summed E-state index contributed by atoms with van der Waals surface area (Å²) in [4.78, 5) is 9.00. The van der Waals surface area contributed by atoms with Gasteiger partial charge in [-0.25, -0.2) is 4.98 Å². The van der Waals surface area contributed by atoms with Crippen LogP contribution < -0.4 is 0 Å². The molecule has 9 heteroatoms. The second-order valence-electron chi connectivity index (χ2n) is 6.16. The second kappa shape index (κ2) is 6.58. The normalized spacial score (nSPS) is 19.8. The van der Waals surface area contributed by atoms with Crippen LogP contribution in [0.2, 0.25) is 0 Å². The van der Waals surface area contributed by atoms with Crippen LogP contribution >= 0.6 is 0 Å². The van der Waals surface area contributed by atoms with Crippen LogP contribution in [0.4, 0.5) is 0 Å². The van der Waals surface area contributed by atoms with Gasteiger partial charge in [-0.3, -0.25) is 9.67 Å². The lowest BCUT2D eigenvalue weighted by atomic mass is 9.96. The van der Waals surface area contributed by atoms with Crippen LogP contribution in [0.1, 0.15) is 24.5 Å². The van der Waals surface area contributed by atoms with Crippen molar-refractivity contribution in [2.75, 3.05) is 27.2 Å². The van der Waals surface area contributed by atoms with Crippen LogP contribution in [0.25, 0.3) is 11.4 Å². The molecule has 0 N–H and O–H groups in total. The van der Waals surface area contributed by atoms with E-state index in [2.05, 4.69) is 10.1 Å². The highest BCUT2D eigenvalue weighted by Crippen LogP contribution is 2.28. The van der Waals surface area contributed by atoms with E-state index in [1.165, 1.54) is 8.61 Å².